The number of carbonyl (C=O) groups is 1. The largest absolute Gasteiger partial charge is 0.443 e. The summed E-state index contributed by atoms with van der Waals surface area (Å²) in [6.07, 6.45) is 0.669. The monoisotopic (exact) mass is 669 g/mol. The number of aliphatic hydroxyl groups excluding tert-OH is 1. The van der Waals surface area contributed by atoms with Crippen LogP contribution in [0.1, 0.15) is 38.1 Å². The number of ether oxygens (including phenoxy) is 4. The zero-order chi connectivity index (χ0) is 33.1. The Hall–Kier alpha value is -3.33. The molecule has 3 heterocycles. The van der Waals surface area contributed by atoms with Crippen molar-refractivity contribution in [2.24, 2.45) is 17.8 Å². The van der Waals surface area contributed by atoms with E-state index in [1.165, 1.54) is 16.4 Å². The molecule has 1 aliphatic carbocycles. The van der Waals surface area contributed by atoms with Crippen molar-refractivity contribution in [1.82, 2.24) is 14.6 Å². The molecule has 6 rings (SSSR count). The summed E-state index contributed by atoms with van der Waals surface area (Å²) in [7, 11) is -2.49. The highest BCUT2D eigenvalue weighted by atomic mass is 32.2. The highest BCUT2D eigenvalue weighted by molar-refractivity contribution is 7.89. The second-order valence-electron chi connectivity index (χ2n) is 13.0. The van der Waals surface area contributed by atoms with E-state index in [2.05, 4.69) is 10.3 Å². The molecule has 13 heteroatoms. The van der Waals surface area contributed by atoms with E-state index in [0.29, 0.717) is 29.7 Å². The molecule has 254 valence electrons. The fraction of sp³-hybridized carbons (Fsp3) is 0.529. The number of sulfonamides is 1. The molecule has 1 saturated carbocycles. The zero-order valence-corrected chi connectivity index (χ0v) is 27.7. The van der Waals surface area contributed by atoms with Crippen molar-refractivity contribution in [3.05, 3.63) is 72.2 Å². The van der Waals surface area contributed by atoms with E-state index in [4.69, 9.17) is 23.4 Å². The van der Waals surface area contributed by atoms with E-state index in [0.717, 1.165) is 18.4 Å². The maximum absolute atomic E-state index is 14.0. The molecule has 2 saturated heterocycles. The van der Waals surface area contributed by atoms with Gasteiger partial charge in [0.25, 0.3) is 0 Å². The van der Waals surface area contributed by atoms with Crippen LogP contribution in [0.3, 0.4) is 0 Å². The number of benzene rings is 2. The number of carbonyl (C=O) groups excluding carboxylic acids is 1. The summed E-state index contributed by atoms with van der Waals surface area (Å²) >= 11 is 0. The summed E-state index contributed by atoms with van der Waals surface area (Å²) in [5.41, 5.74) is 1.54. The molecule has 12 nitrogen and oxygen atoms in total. The first-order valence-corrected chi connectivity index (χ1v) is 17.5. The second-order valence-corrected chi connectivity index (χ2v) is 15.0. The molecule has 0 radical (unpaired) electrons. The minimum Gasteiger partial charge on any atom is -0.443 e. The lowest BCUT2D eigenvalue weighted by Gasteiger charge is -2.37. The highest BCUT2D eigenvalue weighted by Crippen LogP contribution is 2.46. The van der Waals surface area contributed by atoms with Crippen molar-refractivity contribution in [3.63, 3.8) is 0 Å². The van der Waals surface area contributed by atoms with Crippen LogP contribution in [0.25, 0.3) is 11.3 Å². The number of rotatable bonds is 14. The number of hydrogen-bond donors (Lipinski definition) is 2. The number of oxazole rings is 1. The Morgan fingerprint density at radius 3 is 2.57 bits per heavy atom. The van der Waals surface area contributed by atoms with Gasteiger partial charge in [0.05, 0.1) is 35.9 Å². The number of methoxy groups -OCH3 is 1. The predicted molar refractivity (Wildman–Crippen MR) is 170 cm³/mol. The van der Waals surface area contributed by atoms with Gasteiger partial charge >= 0.3 is 6.09 Å². The van der Waals surface area contributed by atoms with Crippen LogP contribution >= 0.6 is 0 Å². The molecule has 3 aliphatic rings. The molecule has 5 unspecified atom stereocenters. The van der Waals surface area contributed by atoms with Crippen LogP contribution in [0.15, 0.2) is 70.1 Å². The number of nitrogens with one attached hydrogen (secondary N) is 1. The predicted octanol–water partition coefficient (Wildman–Crippen LogP) is 3.98. The van der Waals surface area contributed by atoms with Gasteiger partial charge in [0.2, 0.25) is 15.9 Å². The first kappa shape index (κ1) is 33.6. The number of alkyl carbamates (subject to hydrolysis) is 1. The SMILES string of the molecule is COCc1ncc(-c2ccc(S(=O)(=O)N(CC(C)C)C[C@@H](O)[C@H](Cc3ccccc3)NC(=O)OC3C4COC5OC3CC5C4)cc2)o1. The number of amides is 1. The van der Waals surface area contributed by atoms with Crippen LogP contribution in [0.2, 0.25) is 0 Å². The van der Waals surface area contributed by atoms with Crippen molar-refractivity contribution < 1.29 is 41.7 Å². The normalized spacial score (nSPS) is 24.9. The summed E-state index contributed by atoms with van der Waals surface area (Å²) < 4.78 is 57.7. The lowest BCUT2D eigenvalue weighted by atomic mass is 9.78. The Morgan fingerprint density at radius 1 is 1.09 bits per heavy atom. The Kier molecular flexibility index (Phi) is 10.3. The average Bonchev–Trinajstić information content (AvgIpc) is 3.64. The number of aliphatic hydroxyl groups is 1. The van der Waals surface area contributed by atoms with Gasteiger partial charge in [-0.25, -0.2) is 18.2 Å². The first-order valence-electron chi connectivity index (χ1n) is 16.1. The summed E-state index contributed by atoms with van der Waals surface area (Å²) in [5, 5.41) is 14.5. The lowest BCUT2D eigenvalue weighted by molar-refractivity contribution is -0.153. The fourth-order valence-corrected chi connectivity index (χ4v) is 8.39. The number of aromatic nitrogens is 1. The molecule has 7 atom stereocenters. The van der Waals surface area contributed by atoms with Crippen LogP contribution in [0, 0.1) is 17.8 Å². The van der Waals surface area contributed by atoms with Crippen LogP contribution in [-0.4, -0.2) is 86.4 Å². The standard InChI is InChI=1S/C34H43N3O9S/c1-21(2)17-37(47(40,41)26-11-9-23(10-12-26)30-16-35-31(44-30)20-42-3)18-28(38)27(13-22-7-5-4-6-8-22)36-34(39)46-32-25-14-24-15-29(32)45-33(24)43-19-25/h4-12,16,21,24-25,27-29,32-33,38H,13-15,17-20H2,1-3H3,(H,36,39)/t24?,25?,27-,28+,29?,32?,33?/m0/s1. The topological polar surface area (TPSA) is 150 Å². The summed E-state index contributed by atoms with van der Waals surface area (Å²) in [5.74, 6) is 1.25. The third-order valence-corrected chi connectivity index (χ3v) is 10.9. The Bertz CT molecular complexity index is 1590. The van der Waals surface area contributed by atoms with E-state index in [1.807, 2.05) is 44.2 Å². The van der Waals surface area contributed by atoms with E-state index in [1.54, 1.807) is 25.4 Å². The molecule has 0 spiro atoms. The highest BCUT2D eigenvalue weighted by Gasteiger charge is 2.53. The molecular weight excluding hydrogens is 626 g/mol. The minimum absolute atomic E-state index is 0.0332. The molecule has 3 fully saturated rings. The summed E-state index contributed by atoms with van der Waals surface area (Å²) in [4.78, 5) is 17.6. The van der Waals surface area contributed by atoms with Crippen LogP contribution in [-0.2, 0) is 42.0 Å². The van der Waals surface area contributed by atoms with E-state index >= 15 is 0 Å². The van der Waals surface area contributed by atoms with E-state index < -0.39 is 34.4 Å². The van der Waals surface area contributed by atoms with Gasteiger partial charge in [0, 0.05) is 37.6 Å². The van der Waals surface area contributed by atoms with E-state index in [-0.39, 0.29) is 55.2 Å². The molecular formula is C34H43N3O9S. The minimum atomic E-state index is -4.03. The maximum atomic E-state index is 14.0. The van der Waals surface area contributed by atoms with Crippen molar-refractivity contribution in [2.75, 3.05) is 26.8 Å². The van der Waals surface area contributed by atoms with E-state index in [9.17, 15) is 18.3 Å². The molecule has 3 bridgehead atoms. The summed E-state index contributed by atoms with van der Waals surface area (Å²) in [6.45, 7) is 4.45. The Morgan fingerprint density at radius 2 is 1.85 bits per heavy atom. The van der Waals surface area contributed by atoms with Crippen molar-refractivity contribution >= 4 is 16.1 Å². The van der Waals surface area contributed by atoms with Crippen molar-refractivity contribution in [1.29, 1.82) is 0 Å². The lowest BCUT2D eigenvalue weighted by Crippen LogP contribution is -2.53. The van der Waals surface area contributed by atoms with Crippen molar-refractivity contribution in [2.45, 2.75) is 75.3 Å². The molecule has 1 aromatic heterocycles. The molecule has 2 aliphatic heterocycles. The molecule has 2 aromatic carbocycles. The van der Waals surface area contributed by atoms with Gasteiger partial charge in [-0.3, -0.25) is 0 Å². The van der Waals surface area contributed by atoms with Gasteiger partial charge < -0.3 is 33.8 Å². The zero-order valence-electron chi connectivity index (χ0n) is 26.9. The Balaban J connectivity index is 1.18. The van der Waals surface area contributed by atoms with Crippen LogP contribution in [0.4, 0.5) is 4.79 Å². The van der Waals surface area contributed by atoms with Crippen molar-refractivity contribution in [3.8, 4) is 11.3 Å². The van der Waals surface area contributed by atoms with Crippen LogP contribution < -0.4 is 5.32 Å². The van der Waals surface area contributed by atoms with Gasteiger partial charge in [-0.05, 0) is 55.0 Å². The summed E-state index contributed by atoms with van der Waals surface area (Å²) in [6, 6.07) is 14.9. The smallest absolute Gasteiger partial charge is 0.407 e. The first-order chi connectivity index (χ1) is 22.6. The van der Waals surface area contributed by atoms with Gasteiger partial charge in [0.1, 0.15) is 12.7 Å². The third-order valence-electron chi connectivity index (χ3n) is 9.01. The maximum Gasteiger partial charge on any atom is 0.407 e. The van der Waals surface area contributed by atoms with Gasteiger partial charge in [0.15, 0.2) is 12.1 Å². The molecule has 2 N–H and O–H groups in total. The van der Waals surface area contributed by atoms with Gasteiger partial charge in [-0.15, -0.1) is 0 Å². The second kappa shape index (κ2) is 14.4. The number of hydrogen-bond acceptors (Lipinski definition) is 10. The quantitative estimate of drug-likeness (QED) is 0.258. The Labute approximate surface area is 275 Å². The van der Waals surface area contributed by atoms with Crippen LogP contribution in [0.5, 0.6) is 0 Å². The average molecular weight is 670 g/mol. The number of nitrogens with zero attached hydrogens (tertiary/aromatic N) is 2. The molecule has 47 heavy (non-hydrogen) atoms. The fourth-order valence-electron chi connectivity index (χ4n) is 6.77. The number of fused-ring (bicyclic) bond motifs is 2. The third kappa shape index (κ3) is 7.71. The van der Waals surface area contributed by atoms with Gasteiger partial charge in [-0.2, -0.15) is 4.31 Å². The van der Waals surface area contributed by atoms with Gasteiger partial charge in [-0.1, -0.05) is 44.2 Å². The molecule has 3 aromatic rings. The molecule has 1 amide bonds.